The van der Waals surface area contributed by atoms with Crippen molar-refractivity contribution in [2.45, 2.75) is 20.0 Å². The SMILES string of the molecule is CCC(=O)c1cc(OC(F)F)cc(C(=O)OC)c1. The third kappa shape index (κ3) is 3.51. The molecule has 0 aliphatic heterocycles. The van der Waals surface area contributed by atoms with Gasteiger partial charge in [0.15, 0.2) is 5.78 Å². The summed E-state index contributed by atoms with van der Waals surface area (Å²) in [7, 11) is 1.16. The highest BCUT2D eigenvalue weighted by atomic mass is 19.3. The molecule has 0 aliphatic carbocycles. The number of halogens is 2. The molecule has 1 aromatic rings. The molecule has 1 rings (SSSR count). The van der Waals surface area contributed by atoms with Gasteiger partial charge in [0.1, 0.15) is 5.75 Å². The Morgan fingerprint density at radius 3 is 2.33 bits per heavy atom. The topological polar surface area (TPSA) is 52.6 Å². The Labute approximate surface area is 103 Å². The number of esters is 1. The van der Waals surface area contributed by atoms with E-state index in [0.717, 1.165) is 13.2 Å². The Morgan fingerprint density at radius 1 is 1.22 bits per heavy atom. The monoisotopic (exact) mass is 258 g/mol. The average Bonchev–Trinajstić information content (AvgIpc) is 2.35. The second-order valence-corrected chi connectivity index (χ2v) is 3.39. The van der Waals surface area contributed by atoms with E-state index in [2.05, 4.69) is 9.47 Å². The van der Waals surface area contributed by atoms with Crippen LogP contribution in [0, 0.1) is 0 Å². The van der Waals surface area contributed by atoms with Crippen LogP contribution in [0.2, 0.25) is 0 Å². The van der Waals surface area contributed by atoms with Gasteiger partial charge in [0, 0.05) is 12.0 Å². The fraction of sp³-hybridized carbons (Fsp3) is 0.333. The van der Waals surface area contributed by atoms with Crippen LogP contribution < -0.4 is 4.74 Å². The lowest BCUT2D eigenvalue weighted by Gasteiger charge is -2.08. The lowest BCUT2D eigenvalue weighted by Crippen LogP contribution is -2.08. The summed E-state index contributed by atoms with van der Waals surface area (Å²) in [6, 6.07) is 3.56. The van der Waals surface area contributed by atoms with Gasteiger partial charge in [0.05, 0.1) is 12.7 Å². The molecule has 0 atom stereocenters. The molecule has 4 nitrogen and oxygen atoms in total. The number of Topliss-reactive ketones (excluding diaryl/α,β-unsaturated/α-hetero) is 1. The van der Waals surface area contributed by atoms with E-state index in [4.69, 9.17) is 0 Å². The second-order valence-electron chi connectivity index (χ2n) is 3.39. The van der Waals surface area contributed by atoms with Crippen LogP contribution in [0.25, 0.3) is 0 Å². The summed E-state index contributed by atoms with van der Waals surface area (Å²) < 4.78 is 32.9. The number of carbonyl (C=O) groups excluding carboxylic acids is 2. The first kappa shape index (κ1) is 14.1. The van der Waals surface area contributed by atoms with E-state index >= 15 is 0 Å². The van der Waals surface area contributed by atoms with Crippen molar-refractivity contribution < 1.29 is 27.8 Å². The van der Waals surface area contributed by atoms with Gasteiger partial charge >= 0.3 is 12.6 Å². The molecule has 0 amide bonds. The number of alkyl halides is 2. The number of carbonyl (C=O) groups is 2. The standard InChI is InChI=1S/C12H12F2O4/c1-3-10(15)7-4-8(11(16)17-2)6-9(5-7)18-12(13)14/h4-6,12H,3H2,1-2H3. The molecule has 0 N–H and O–H groups in total. The maximum Gasteiger partial charge on any atom is 0.387 e. The largest absolute Gasteiger partial charge is 0.465 e. The zero-order valence-electron chi connectivity index (χ0n) is 9.91. The van der Waals surface area contributed by atoms with E-state index in [9.17, 15) is 18.4 Å². The van der Waals surface area contributed by atoms with Crippen molar-refractivity contribution in [3.05, 3.63) is 29.3 Å². The molecular weight excluding hydrogens is 246 g/mol. The van der Waals surface area contributed by atoms with E-state index in [1.165, 1.54) is 12.1 Å². The Morgan fingerprint density at radius 2 is 1.83 bits per heavy atom. The molecule has 98 valence electrons. The van der Waals surface area contributed by atoms with Gasteiger partial charge < -0.3 is 9.47 Å². The summed E-state index contributed by atoms with van der Waals surface area (Å²) in [6.07, 6.45) is 0.193. The van der Waals surface area contributed by atoms with Crippen molar-refractivity contribution in [2.24, 2.45) is 0 Å². The molecule has 0 saturated carbocycles. The zero-order chi connectivity index (χ0) is 13.7. The van der Waals surface area contributed by atoms with Crippen LogP contribution in [0.5, 0.6) is 5.75 Å². The van der Waals surface area contributed by atoms with Gasteiger partial charge in [-0.3, -0.25) is 4.79 Å². The van der Waals surface area contributed by atoms with E-state index < -0.39 is 12.6 Å². The number of ketones is 1. The number of hydrogen-bond donors (Lipinski definition) is 0. The van der Waals surface area contributed by atoms with Gasteiger partial charge in [-0.1, -0.05) is 6.92 Å². The minimum absolute atomic E-state index is 0.00699. The molecule has 0 unspecified atom stereocenters. The Kier molecular flexibility index (Phi) is 4.76. The Hall–Kier alpha value is -1.98. The van der Waals surface area contributed by atoms with Crippen molar-refractivity contribution in [3.63, 3.8) is 0 Å². The fourth-order valence-corrected chi connectivity index (χ4v) is 1.37. The van der Waals surface area contributed by atoms with Crippen molar-refractivity contribution >= 4 is 11.8 Å². The summed E-state index contributed by atoms with van der Waals surface area (Å²) in [5.74, 6) is -1.25. The highest BCUT2D eigenvalue weighted by Gasteiger charge is 2.14. The smallest absolute Gasteiger partial charge is 0.387 e. The average molecular weight is 258 g/mol. The molecule has 0 saturated heterocycles. The van der Waals surface area contributed by atoms with Crippen molar-refractivity contribution in [2.75, 3.05) is 7.11 Å². The number of benzene rings is 1. The van der Waals surface area contributed by atoms with E-state index in [-0.39, 0.29) is 29.1 Å². The van der Waals surface area contributed by atoms with E-state index in [1.807, 2.05) is 0 Å². The molecule has 0 aliphatic rings. The van der Waals surface area contributed by atoms with Crippen LogP contribution in [0.3, 0.4) is 0 Å². The van der Waals surface area contributed by atoms with E-state index in [0.29, 0.717) is 0 Å². The van der Waals surface area contributed by atoms with Crippen LogP contribution in [0.4, 0.5) is 8.78 Å². The highest BCUT2D eigenvalue weighted by Crippen LogP contribution is 2.21. The lowest BCUT2D eigenvalue weighted by molar-refractivity contribution is -0.0499. The molecule has 0 bridgehead atoms. The molecule has 0 heterocycles. The predicted octanol–water partition coefficient (Wildman–Crippen LogP) is 2.67. The van der Waals surface area contributed by atoms with Crippen molar-refractivity contribution in [1.29, 1.82) is 0 Å². The van der Waals surface area contributed by atoms with Crippen molar-refractivity contribution in [1.82, 2.24) is 0 Å². The van der Waals surface area contributed by atoms with Crippen LogP contribution in [-0.2, 0) is 4.74 Å². The van der Waals surface area contributed by atoms with Crippen LogP contribution in [-0.4, -0.2) is 25.5 Å². The molecule has 6 heteroatoms. The minimum Gasteiger partial charge on any atom is -0.465 e. The molecular formula is C12H12F2O4. The minimum atomic E-state index is -3.03. The molecule has 0 fully saturated rings. The summed E-state index contributed by atoms with van der Waals surface area (Å²) in [5.41, 5.74) is 0.128. The molecule has 1 aromatic carbocycles. The maximum absolute atomic E-state index is 12.1. The lowest BCUT2D eigenvalue weighted by atomic mass is 10.1. The normalized spacial score (nSPS) is 10.3. The number of methoxy groups -OCH3 is 1. The van der Waals surface area contributed by atoms with Gasteiger partial charge in [0.2, 0.25) is 0 Å². The van der Waals surface area contributed by atoms with Gasteiger partial charge in [-0.25, -0.2) is 4.79 Å². The first-order chi connectivity index (χ1) is 8.47. The molecule has 0 radical (unpaired) electrons. The van der Waals surface area contributed by atoms with Gasteiger partial charge in [-0.15, -0.1) is 0 Å². The third-order valence-electron chi connectivity index (χ3n) is 2.20. The first-order valence-electron chi connectivity index (χ1n) is 5.19. The van der Waals surface area contributed by atoms with Gasteiger partial charge in [-0.2, -0.15) is 8.78 Å². The predicted molar refractivity (Wildman–Crippen MR) is 59.0 cm³/mol. The maximum atomic E-state index is 12.1. The fourth-order valence-electron chi connectivity index (χ4n) is 1.37. The highest BCUT2D eigenvalue weighted by molar-refractivity contribution is 5.99. The Bertz CT molecular complexity index is 423. The zero-order valence-corrected chi connectivity index (χ0v) is 9.91. The molecule has 0 spiro atoms. The number of hydrogen-bond acceptors (Lipinski definition) is 4. The van der Waals surface area contributed by atoms with Crippen LogP contribution in [0.1, 0.15) is 34.1 Å². The first-order valence-corrected chi connectivity index (χ1v) is 5.19. The molecule has 18 heavy (non-hydrogen) atoms. The van der Waals surface area contributed by atoms with Gasteiger partial charge in [0.25, 0.3) is 0 Å². The number of ether oxygens (including phenoxy) is 2. The summed E-state index contributed by atoms with van der Waals surface area (Å²) in [4.78, 5) is 22.9. The van der Waals surface area contributed by atoms with Crippen LogP contribution in [0.15, 0.2) is 18.2 Å². The van der Waals surface area contributed by atoms with Crippen molar-refractivity contribution in [3.8, 4) is 5.75 Å². The summed E-state index contributed by atoms with van der Waals surface area (Å²) >= 11 is 0. The Balaban J connectivity index is 3.19. The second kappa shape index (κ2) is 6.09. The summed E-state index contributed by atoms with van der Waals surface area (Å²) in [5, 5.41) is 0. The van der Waals surface area contributed by atoms with Gasteiger partial charge in [-0.05, 0) is 18.2 Å². The third-order valence-corrected chi connectivity index (χ3v) is 2.20. The van der Waals surface area contributed by atoms with E-state index in [1.54, 1.807) is 6.92 Å². The number of rotatable bonds is 5. The summed E-state index contributed by atoms with van der Waals surface area (Å²) in [6.45, 7) is -1.40. The quantitative estimate of drug-likeness (QED) is 0.602. The molecule has 0 aromatic heterocycles. The van der Waals surface area contributed by atoms with Crippen LogP contribution >= 0.6 is 0 Å².